The average Bonchev–Trinajstić information content (AvgIpc) is 3.28. The van der Waals surface area contributed by atoms with Crippen molar-refractivity contribution in [2.45, 2.75) is 18.4 Å². The van der Waals surface area contributed by atoms with Gasteiger partial charge in [0.15, 0.2) is 16.7 Å². The number of nitrogens with one attached hydrogen (secondary N) is 1. The van der Waals surface area contributed by atoms with Gasteiger partial charge in [-0.2, -0.15) is 9.19 Å². The van der Waals surface area contributed by atoms with Crippen molar-refractivity contribution in [3.8, 4) is 5.75 Å². The maximum absolute atomic E-state index is 12.5. The van der Waals surface area contributed by atoms with Crippen LogP contribution in [0.25, 0.3) is 0 Å². The number of carbonyl (C=O) groups is 1. The fourth-order valence-electron chi connectivity index (χ4n) is 2.05. The molecular weight excluding hydrogens is 360 g/mol. The van der Waals surface area contributed by atoms with Gasteiger partial charge >= 0.3 is 0 Å². The molecule has 2 aromatic heterocycles. The number of rotatable bonds is 6. The Morgan fingerprint density at radius 3 is 2.72 bits per heavy atom. The van der Waals surface area contributed by atoms with Gasteiger partial charge in [-0.05, 0) is 37.3 Å². The van der Waals surface area contributed by atoms with Gasteiger partial charge in [0.05, 0.1) is 18.6 Å². The average molecular weight is 376 g/mol. The molecule has 1 N–H and O–H groups in total. The van der Waals surface area contributed by atoms with Gasteiger partial charge in [0, 0.05) is 17.3 Å². The Morgan fingerprint density at radius 1 is 1.32 bits per heavy atom. The summed E-state index contributed by atoms with van der Waals surface area (Å²) in [5.74, 6) is 0.344. The van der Waals surface area contributed by atoms with Gasteiger partial charge in [0.1, 0.15) is 10.8 Å². The van der Waals surface area contributed by atoms with E-state index in [1.807, 2.05) is 12.3 Å². The maximum Gasteiger partial charge on any atom is 0.272 e. The Kier molecular flexibility index (Phi) is 5.25. The van der Waals surface area contributed by atoms with Crippen LogP contribution in [0.1, 0.15) is 21.2 Å². The highest BCUT2D eigenvalue weighted by molar-refractivity contribution is 7.83. The highest BCUT2D eigenvalue weighted by Crippen LogP contribution is 2.15. The Bertz CT molecular complexity index is 902. The first-order valence-electron chi connectivity index (χ1n) is 7.38. The number of benzene rings is 1. The first kappa shape index (κ1) is 17.3. The fourth-order valence-corrected chi connectivity index (χ4v) is 3.68. The molecule has 1 unspecified atom stereocenters. The van der Waals surface area contributed by atoms with Crippen LogP contribution in [0.2, 0.25) is 0 Å². The summed E-state index contributed by atoms with van der Waals surface area (Å²) in [5, 5.41) is 9.61. The summed E-state index contributed by atoms with van der Waals surface area (Å²) in [6.07, 6.45) is 1.52. The molecule has 130 valence electrons. The number of aromatic nitrogens is 3. The van der Waals surface area contributed by atoms with Gasteiger partial charge in [-0.25, -0.2) is 9.19 Å². The molecule has 1 atom stereocenters. The summed E-state index contributed by atoms with van der Waals surface area (Å²) in [7, 11) is 0.0372. The summed E-state index contributed by atoms with van der Waals surface area (Å²) >= 11 is 1.49. The molecule has 1 aromatic carbocycles. The number of hydrogen-bond donors (Lipinski definition) is 1. The molecule has 25 heavy (non-hydrogen) atoms. The normalized spacial score (nSPS) is 11.9. The van der Waals surface area contributed by atoms with E-state index >= 15 is 0 Å². The SMILES string of the molecule is COc1ccc(S(=O)n2ccc(C(=O)NCc3nc(C)cs3)n2)cc1. The van der Waals surface area contributed by atoms with Gasteiger partial charge in [-0.3, -0.25) is 4.79 Å². The van der Waals surface area contributed by atoms with Crippen molar-refractivity contribution in [2.75, 3.05) is 7.11 Å². The van der Waals surface area contributed by atoms with Crippen LogP contribution in [0.15, 0.2) is 46.8 Å². The number of aryl methyl sites for hydroxylation is 1. The van der Waals surface area contributed by atoms with Crippen LogP contribution in [0.5, 0.6) is 5.75 Å². The maximum atomic E-state index is 12.5. The van der Waals surface area contributed by atoms with Crippen molar-refractivity contribution in [2.24, 2.45) is 0 Å². The molecule has 3 aromatic rings. The number of hydrogen-bond acceptors (Lipinski definition) is 6. The van der Waals surface area contributed by atoms with Crippen molar-refractivity contribution in [3.05, 3.63) is 58.3 Å². The quantitative estimate of drug-likeness (QED) is 0.712. The molecule has 0 saturated heterocycles. The molecule has 9 heteroatoms. The Hall–Kier alpha value is -2.52. The monoisotopic (exact) mass is 376 g/mol. The summed E-state index contributed by atoms with van der Waals surface area (Å²) < 4.78 is 18.8. The smallest absolute Gasteiger partial charge is 0.272 e. The second-order valence-corrected chi connectivity index (χ2v) is 7.38. The van der Waals surface area contributed by atoms with Crippen LogP contribution in [0.4, 0.5) is 0 Å². The molecular formula is C16H16N4O3S2. The number of methoxy groups -OCH3 is 1. The highest BCUT2D eigenvalue weighted by Gasteiger charge is 2.14. The Morgan fingerprint density at radius 2 is 2.08 bits per heavy atom. The molecule has 0 radical (unpaired) electrons. The van der Waals surface area contributed by atoms with Crippen molar-refractivity contribution >= 4 is 28.2 Å². The third kappa shape index (κ3) is 4.12. The zero-order valence-corrected chi connectivity index (χ0v) is 15.3. The molecule has 0 spiro atoms. The lowest BCUT2D eigenvalue weighted by molar-refractivity contribution is 0.0945. The van der Waals surface area contributed by atoms with Crippen molar-refractivity contribution in [3.63, 3.8) is 0 Å². The molecule has 7 nitrogen and oxygen atoms in total. The largest absolute Gasteiger partial charge is 0.497 e. The first-order valence-corrected chi connectivity index (χ1v) is 9.36. The van der Waals surface area contributed by atoms with Crippen LogP contribution in [0.3, 0.4) is 0 Å². The minimum atomic E-state index is -1.53. The van der Waals surface area contributed by atoms with E-state index in [0.29, 0.717) is 17.2 Å². The van der Waals surface area contributed by atoms with E-state index in [0.717, 1.165) is 10.7 Å². The van der Waals surface area contributed by atoms with Crippen LogP contribution < -0.4 is 10.1 Å². The standard InChI is InChI=1S/C16H16N4O3S2/c1-11-10-24-15(18-11)9-17-16(21)14-7-8-20(19-14)25(22)13-5-3-12(23-2)4-6-13/h3-8,10H,9H2,1-2H3,(H,17,21). The van der Waals surface area contributed by atoms with Crippen LogP contribution >= 0.6 is 11.3 Å². The van der Waals surface area contributed by atoms with Gasteiger partial charge < -0.3 is 10.1 Å². The number of amides is 1. The Labute approximate surface area is 151 Å². The molecule has 0 saturated carbocycles. The molecule has 0 aliphatic carbocycles. The summed E-state index contributed by atoms with van der Waals surface area (Å²) in [4.78, 5) is 17.0. The van der Waals surface area contributed by atoms with Crippen molar-refractivity contribution in [1.82, 2.24) is 19.5 Å². The molecule has 0 aliphatic rings. The second-order valence-electron chi connectivity index (χ2n) is 5.09. The highest BCUT2D eigenvalue weighted by atomic mass is 32.2. The van der Waals surface area contributed by atoms with Gasteiger partial charge in [0.25, 0.3) is 5.91 Å². The lowest BCUT2D eigenvalue weighted by Gasteiger charge is -2.03. The third-order valence-electron chi connectivity index (χ3n) is 3.30. The van der Waals surface area contributed by atoms with Crippen molar-refractivity contribution in [1.29, 1.82) is 0 Å². The van der Waals surface area contributed by atoms with E-state index in [1.165, 1.54) is 27.7 Å². The molecule has 0 aliphatic heterocycles. The fraction of sp³-hybridized carbons (Fsp3) is 0.188. The van der Waals surface area contributed by atoms with E-state index in [2.05, 4.69) is 15.4 Å². The third-order valence-corrected chi connectivity index (χ3v) is 5.48. The summed E-state index contributed by atoms with van der Waals surface area (Å²) in [5.41, 5.74) is 1.13. The number of ether oxygens (including phenoxy) is 1. The summed E-state index contributed by atoms with van der Waals surface area (Å²) in [6.45, 7) is 2.24. The number of nitrogens with zero attached hydrogens (tertiary/aromatic N) is 3. The lowest BCUT2D eigenvalue weighted by Crippen LogP contribution is -2.23. The van der Waals surface area contributed by atoms with Gasteiger partial charge in [-0.1, -0.05) is 0 Å². The minimum absolute atomic E-state index is 0.204. The number of carbonyl (C=O) groups excluding carboxylic acids is 1. The topological polar surface area (TPSA) is 86.1 Å². The lowest BCUT2D eigenvalue weighted by atomic mass is 10.3. The molecule has 1 amide bonds. The van der Waals surface area contributed by atoms with E-state index in [4.69, 9.17) is 4.74 Å². The predicted molar refractivity (Wildman–Crippen MR) is 95.0 cm³/mol. The molecule has 3 rings (SSSR count). The van der Waals surface area contributed by atoms with Crippen molar-refractivity contribution < 1.29 is 13.7 Å². The van der Waals surface area contributed by atoms with Crippen LogP contribution in [-0.4, -0.2) is 31.4 Å². The predicted octanol–water partition coefficient (Wildman–Crippen LogP) is 2.16. The summed E-state index contributed by atoms with van der Waals surface area (Å²) in [6, 6.07) is 8.37. The Balaban J connectivity index is 1.66. The van der Waals surface area contributed by atoms with E-state index in [9.17, 15) is 9.00 Å². The van der Waals surface area contributed by atoms with E-state index in [-0.39, 0.29) is 11.6 Å². The van der Waals surface area contributed by atoms with E-state index < -0.39 is 11.0 Å². The molecule has 0 bridgehead atoms. The van der Waals surface area contributed by atoms with Gasteiger partial charge in [-0.15, -0.1) is 11.3 Å². The van der Waals surface area contributed by atoms with E-state index in [1.54, 1.807) is 31.4 Å². The zero-order chi connectivity index (χ0) is 17.8. The van der Waals surface area contributed by atoms with Gasteiger partial charge in [0.2, 0.25) is 0 Å². The minimum Gasteiger partial charge on any atom is -0.497 e. The zero-order valence-electron chi connectivity index (χ0n) is 13.6. The second kappa shape index (κ2) is 7.58. The number of thiazole rings is 1. The first-order chi connectivity index (χ1) is 12.1. The van der Waals surface area contributed by atoms with Crippen LogP contribution in [-0.2, 0) is 17.5 Å². The molecule has 2 heterocycles. The molecule has 0 fully saturated rings. The van der Waals surface area contributed by atoms with Crippen LogP contribution in [0, 0.1) is 6.92 Å².